The summed E-state index contributed by atoms with van der Waals surface area (Å²) in [5.41, 5.74) is 2.05. The number of nitriles is 1. The maximum Gasteiger partial charge on any atom is 0.306 e. The summed E-state index contributed by atoms with van der Waals surface area (Å²) in [5, 5.41) is 15.9. The number of ether oxygens (including phenoxy) is 1. The molecule has 0 unspecified atom stereocenters. The number of anilines is 3. The SMILES string of the molecule is CCC[C@@H](Nc1nc(Nc2cncc(-n3ccc(C)c3)c2)c(C#N)cc1F)[C@H](C)CC(=O)OC(C)(C)C. The number of rotatable bonds is 10. The van der Waals surface area contributed by atoms with Crippen LogP contribution in [-0.4, -0.2) is 32.1 Å². The number of nitrogens with one attached hydrogen (secondary N) is 2. The summed E-state index contributed by atoms with van der Waals surface area (Å²) >= 11 is 0. The van der Waals surface area contributed by atoms with E-state index >= 15 is 0 Å². The minimum atomic E-state index is -0.637. The van der Waals surface area contributed by atoms with Gasteiger partial charge in [-0.05, 0) is 63.8 Å². The Hall–Kier alpha value is -3.93. The van der Waals surface area contributed by atoms with Crippen LogP contribution in [0.5, 0.6) is 0 Å². The van der Waals surface area contributed by atoms with E-state index in [4.69, 9.17) is 4.74 Å². The van der Waals surface area contributed by atoms with Crippen LogP contribution in [0, 0.1) is 30.0 Å². The molecule has 3 aromatic heterocycles. The molecule has 3 aromatic rings. The van der Waals surface area contributed by atoms with Crippen LogP contribution in [0.3, 0.4) is 0 Å². The van der Waals surface area contributed by atoms with Gasteiger partial charge in [0.2, 0.25) is 0 Å². The van der Waals surface area contributed by atoms with Crippen LogP contribution in [0.25, 0.3) is 5.69 Å². The molecule has 0 aliphatic heterocycles. The van der Waals surface area contributed by atoms with Crippen LogP contribution < -0.4 is 10.6 Å². The highest BCUT2D eigenvalue weighted by Crippen LogP contribution is 2.27. The van der Waals surface area contributed by atoms with Gasteiger partial charge in [0.15, 0.2) is 17.5 Å². The normalized spacial score (nSPS) is 12.9. The Labute approximate surface area is 217 Å². The second kappa shape index (κ2) is 11.9. The average Bonchev–Trinajstić information content (AvgIpc) is 3.25. The molecule has 196 valence electrons. The quantitative estimate of drug-likeness (QED) is 0.312. The third-order valence-electron chi connectivity index (χ3n) is 5.74. The van der Waals surface area contributed by atoms with Gasteiger partial charge in [0.1, 0.15) is 11.7 Å². The molecule has 0 aliphatic rings. The van der Waals surface area contributed by atoms with Crippen molar-refractivity contribution in [1.82, 2.24) is 14.5 Å². The lowest BCUT2D eigenvalue weighted by atomic mass is 9.94. The third-order valence-corrected chi connectivity index (χ3v) is 5.74. The van der Waals surface area contributed by atoms with E-state index in [0.717, 1.165) is 23.7 Å². The molecule has 3 heterocycles. The summed E-state index contributed by atoms with van der Waals surface area (Å²) in [7, 11) is 0. The van der Waals surface area contributed by atoms with Crippen molar-refractivity contribution in [1.29, 1.82) is 5.26 Å². The Morgan fingerprint density at radius 2 is 2.03 bits per heavy atom. The molecule has 0 aliphatic carbocycles. The van der Waals surface area contributed by atoms with Crippen molar-refractivity contribution in [2.45, 2.75) is 72.4 Å². The van der Waals surface area contributed by atoms with Crippen LogP contribution in [-0.2, 0) is 9.53 Å². The fourth-order valence-electron chi connectivity index (χ4n) is 3.98. The van der Waals surface area contributed by atoms with Crippen LogP contribution in [0.2, 0.25) is 0 Å². The summed E-state index contributed by atoms with van der Waals surface area (Å²) in [4.78, 5) is 21.1. The first-order valence-electron chi connectivity index (χ1n) is 12.4. The number of carbonyl (C=O) groups is 1. The fraction of sp³-hybridized carbons (Fsp3) is 0.429. The van der Waals surface area contributed by atoms with Gasteiger partial charge in [-0.2, -0.15) is 5.26 Å². The zero-order valence-electron chi connectivity index (χ0n) is 22.3. The van der Waals surface area contributed by atoms with Crippen LogP contribution in [0.1, 0.15) is 65.0 Å². The van der Waals surface area contributed by atoms with Gasteiger partial charge in [0, 0.05) is 18.4 Å². The van der Waals surface area contributed by atoms with E-state index in [1.165, 1.54) is 0 Å². The second-order valence-corrected chi connectivity index (χ2v) is 10.3. The van der Waals surface area contributed by atoms with Gasteiger partial charge >= 0.3 is 5.97 Å². The van der Waals surface area contributed by atoms with E-state index < -0.39 is 11.4 Å². The van der Waals surface area contributed by atoms with Crippen molar-refractivity contribution in [3.63, 3.8) is 0 Å². The van der Waals surface area contributed by atoms with Crippen LogP contribution >= 0.6 is 0 Å². The number of esters is 1. The lowest BCUT2D eigenvalue weighted by molar-refractivity contribution is -0.155. The molecule has 0 saturated heterocycles. The monoisotopic (exact) mass is 506 g/mol. The molecule has 0 amide bonds. The van der Waals surface area contributed by atoms with Crippen molar-refractivity contribution in [3.05, 3.63) is 59.9 Å². The number of pyridine rings is 2. The number of aryl methyl sites for hydroxylation is 1. The third kappa shape index (κ3) is 7.78. The lowest BCUT2D eigenvalue weighted by Crippen LogP contribution is -2.32. The largest absolute Gasteiger partial charge is 0.460 e. The highest BCUT2D eigenvalue weighted by Gasteiger charge is 2.25. The number of hydrogen-bond acceptors (Lipinski definition) is 7. The zero-order chi connectivity index (χ0) is 27.2. The van der Waals surface area contributed by atoms with E-state index in [0.29, 0.717) is 12.1 Å². The highest BCUT2D eigenvalue weighted by atomic mass is 19.1. The molecule has 0 bridgehead atoms. The fourth-order valence-corrected chi connectivity index (χ4v) is 3.98. The van der Waals surface area contributed by atoms with Crippen molar-refractivity contribution >= 4 is 23.3 Å². The first-order chi connectivity index (χ1) is 17.5. The summed E-state index contributed by atoms with van der Waals surface area (Å²) in [6.07, 6.45) is 8.97. The molecule has 0 radical (unpaired) electrons. The number of aromatic nitrogens is 3. The van der Waals surface area contributed by atoms with Gasteiger partial charge < -0.3 is 19.9 Å². The van der Waals surface area contributed by atoms with E-state index in [1.54, 1.807) is 12.4 Å². The molecule has 0 aromatic carbocycles. The van der Waals surface area contributed by atoms with Gasteiger partial charge in [0.05, 0.1) is 35.8 Å². The number of carbonyl (C=O) groups excluding carboxylic acids is 1. The molecule has 9 heteroatoms. The molecule has 3 rings (SSSR count). The van der Waals surface area contributed by atoms with Gasteiger partial charge in [-0.15, -0.1) is 0 Å². The van der Waals surface area contributed by atoms with Crippen LogP contribution in [0.15, 0.2) is 43.0 Å². The van der Waals surface area contributed by atoms with Gasteiger partial charge in [-0.3, -0.25) is 9.78 Å². The summed E-state index contributed by atoms with van der Waals surface area (Å²) in [6.45, 7) is 11.4. The van der Waals surface area contributed by atoms with E-state index in [2.05, 4.69) is 20.6 Å². The predicted molar refractivity (Wildman–Crippen MR) is 142 cm³/mol. The number of hydrogen-bond donors (Lipinski definition) is 2. The maximum atomic E-state index is 15.0. The van der Waals surface area contributed by atoms with E-state index in [9.17, 15) is 14.4 Å². The Bertz CT molecular complexity index is 1270. The van der Waals surface area contributed by atoms with Crippen LogP contribution in [0.4, 0.5) is 21.7 Å². The first kappa shape index (κ1) is 27.7. The number of halogens is 1. The zero-order valence-corrected chi connectivity index (χ0v) is 22.3. The molecular weight excluding hydrogens is 471 g/mol. The topological polar surface area (TPSA) is 105 Å². The Balaban J connectivity index is 1.84. The van der Waals surface area contributed by atoms with Gasteiger partial charge in [-0.1, -0.05) is 20.3 Å². The van der Waals surface area contributed by atoms with E-state index in [1.807, 2.05) is 76.7 Å². The Morgan fingerprint density at radius 3 is 2.65 bits per heavy atom. The van der Waals surface area contributed by atoms with Crippen molar-refractivity contribution < 1.29 is 13.9 Å². The number of nitrogens with zero attached hydrogens (tertiary/aromatic N) is 4. The van der Waals surface area contributed by atoms with Crippen molar-refractivity contribution in [2.75, 3.05) is 10.6 Å². The molecular formula is C28H35FN6O2. The van der Waals surface area contributed by atoms with Gasteiger partial charge in [-0.25, -0.2) is 9.37 Å². The summed E-state index contributed by atoms with van der Waals surface area (Å²) in [6, 6.07) is 6.80. The highest BCUT2D eigenvalue weighted by molar-refractivity contribution is 5.70. The van der Waals surface area contributed by atoms with Crippen molar-refractivity contribution in [3.8, 4) is 11.8 Å². The van der Waals surface area contributed by atoms with Gasteiger partial charge in [0.25, 0.3) is 0 Å². The maximum absolute atomic E-state index is 15.0. The molecule has 2 atom stereocenters. The average molecular weight is 507 g/mol. The summed E-state index contributed by atoms with van der Waals surface area (Å²) in [5.74, 6) is -0.842. The molecule has 37 heavy (non-hydrogen) atoms. The Morgan fingerprint density at radius 1 is 1.27 bits per heavy atom. The smallest absolute Gasteiger partial charge is 0.306 e. The predicted octanol–water partition coefficient (Wildman–Crippen LogP) is 6.28. The molecule has 0 fully saturated rings. The minimum absolute atomic E-state index is 0.0149. The lowest BCUT2D eigenvalue weighted by Gasteiger charge is -2.27. The summed E-state index contributed by atoms with van der Waals surface area (Å²) < 4.78 is 22.4. The molecule has 0 spiro atoms. The Kier molecular flexibility index (Phi) is 8.87. The van der Waals surface area contributed by atoms with E-state index in [-0.39, 0.29) is 41.5 Å². The molecule has 0 saturated carbocycles. The molecule has 2 N–H and O–H groups in total. The molecule has 8 nitrogen and oxygen atoms in total. The standard InChI is InChI=1S/C28H35FN6O2/c1-7-8-24(19(3)11-25(36)37-28(4,5)6)33-27-23(29)12-20(14-30)26(34-27)32-21-13-22(16-31-15-21)35-10-9-18(2)17-35/h9-10,12-13,15-17,19,24H,7-8,11H2,1-6H3,(H2,32,33,34)/t19-,24-/m1/s1. The van der Waals surface area contributed by atoms with Crippen molar-refractivity contribution in [2.24, 2.45) is 5.92 Å². The minimum Gasteiger partial charge on any atom is -0.460 e. The second-order valence-electron chi connectivity index (χ2n) is 10.3. The first-order valence-corrected chi connectivity index (χ1v) is 12.4.